The zero-order chi connectivity index (χ0) is 14.4. The van der Waals surface area contributed by atoms with Crippen molar-refractivity contribution in [1.82, 2.24) is 10.3 Å². The maximum absolute atomic E-state index is 11.6. The van der Waals surface area contributed by atoms with Crippen LogP contribution in [-0.2, 0) is 24.2 Å². The van der Waals surface area contributed by atoms with Crippen molar-refractivity contribution in [2.24, 2.45) is 0 Å². The van der Waals surface area contributed by atoms with Crippen LogP contribution >= 0.6 is 0 Å². The van der Waals surface area contributed by atoms with Gasteiger partial charge < -0.3 is 14.5 Å². The van der Waals surface area contributed by atoms with Crippen LogP contribution in [0.5, 0.6) is 0 Å². The molecule has 0 unspecified atom stereocenters. The Hall–Kier alpha value is -2.14. The molecule has 20 heavy (non-hydrogen) atoms. The first-order chi connectivity index (χ1) is 9.74. The fourth-order valence-corrected chi connectivity index (χ4v) is 1.88. The Morgan fingerprint density at radius 1 is 1.35 bits per heavy atom. The second-order valence-electron chi connectivity index (χ2n) is 4.33. The average molecular weight is 274 g/mol. The van der Waals surface area contributed by atoms with E-state index in [2.05, 4.69) is 10.3 Å². The van der Waals surface area contributed by atoms with Gasteiger partial charge in [-0.15, -0.1) is 0 Å². The first kappa shape index (κ1) is 14.3. The van der Waals surface area contributed by atoms with E-state index in [0.717, 1.165) is 17.7 Å². The molecule has 0 atom stereocenters. The Balaban J connectivity index is 1.95. The minimum atomic E-state index is -0.327. The van der Waals surface area contributed by atoms with Crippen LogP contribution in [0.4, 0.5) is 0 Å². The fraction of sp³-hybridized carbons (Fsp3) is 0.333. The second-order valence-corrected chi connectivity index (χ2v) is 4.33. The van der Waals surface area contributed by atoms with Crippen molar-refractivity contribution < 1.29 is 13.9 Å². The number of rotatable bonds is 6. The topological polar surface area (TPSA) is 64.4 Å². The van der Waals surface area contributed by atoms with E-state index < -0.39 is 0 Å². The molecule has 5 nitrogen and oxygen atoms in total. The number of hydrogen-bond donors (Lipinski definition) is 1. The summed E-state index contributed by atoms with van der Waals surface area (Å²) in [5, 5.41) is 3.21. The standard InChI is InChI=1S/C15H18N2O3/c1-3-12-9-17-14(20-12)10-16-8-11-6-4-5-7-13(11)15(18)19-2/h4-7,9,16H,3,8,10H2,1-2H3. The van der Waals surface area contributed by atoms with E-state index in [4.69, 9.17) is 9.15 Å². The van der Waals surface area contributed by atoms with Crippen LogP contribution in [0.3, 0.4) is 0 Å². The lowest BCUT2D eigenvalue weighted by Crippen LogP contribution is -2.16. The minimum Gasteiger partial charge on any atom is -0.465 e. The summed E-state index contributed by atoms with van der Waals surface area (Å²) >= 11 is 0. The molecule has 2 aromatic rings. The largest absolute Gasteiger partial charge is 0.465 e. The molecule has 0 saturated carbocycles. The normalized spacial score (nSPS) is 10.5. The van der Waals surface area contributed by atoms with Gasteiger partial charge in [-0.1, -0.05) is 25.1 Å². The highest BCUT2D eigenvalue weighted by molar-refractivity contribution is 5.90. The fourth-order valence-electron chi connectivity index (χ4n) is 1.88. The van der Waals surface area contributed by atoms with E-state index in [1.165, 1.54) is 7.11 Å². The predicted octanol–water partition coefficient (Wildman–Crippen LogP) is 2.31. The third-order valence-electron chi connectivity index (χ3n) is 2.96. The number of carbonyl (C=O) groups excluding carboxylic acids is 1. The number of carbonyl (C=O) groups is 1. The van der Waals surface area contributed by atoms with Crippen LogP contribution in [0.2, 0.25) is 0 Å². The van der Waals surface area contributed by atoms with Crippen LogP contribution in [0, 0.1) is 0 Å². The van der Waals surface area contributed by atoms with E-state index in [0.29, 0.717) is 24.5 Å². The van der Waals surface area contributed by atoms with Gasteiger partial charge in [0.2, 0.25) is 5.89 Å². The molecule has 0 spiro atoms. The number of esters is 1. The van der Waals surface area contributed by atoms with Crippen molar-refractivity contribution in [1.29, 1.82) is 0 Å². The number of hydrogen-bond acceptors (Lipinski definition) is 5. The first-order valence-corrected chi connectivity index (χ1v) is 6.55. The zero-order valence-corrected chi connectivity index (χ0v) is 11.7. The van der Waals surface area contributed by atoms with Crippen LogP contribution in [0.15, 0.2) is 34.9 Å². The molecule has 0 saturated heterocycles. The Morgan fingerprint density at radius 2 is 2.15 bits per heavy atom. The van der Waals surface area contributed by atoms with Gasteiger partial charge in [0.25, 0.3) is 0 Å². The number of aryl methyl sites for hydroxylation is 1. The van der Waals surface area contributed by atoms with Crippen molar-refractivity contribution in [2.75, 3.05) is 7.11 Å². The molecule has 0 aliphatic carbocycles. The molecule has 0 aliphatic heterocycles. The summed E-state index contributed by atoms with van der Waals surface area (Å²) in [6, 6.07) is 7.36. The molecule has 0 amide bonds. The van der Waals surface area contributed by atoms with Crippen LogP contribution < -0.4 is 5.32 Å². The third kappa shape index (κ3) is 3.45. The number of methoxy groups -OCH3 is 1. The number of nitrogens with zero attached hydrogens (tertiary/aromatic N) is 1. The number of ether oxygens (including phenoxy) is 1. The molecule has 1 N–H and O–H groups in total. The summed E-state index contributed by atoms with van der Waals surface area (Å²) in [6.07, 6.45) is 2.57. The molecular formula is C15H18N2O3. The first-order valence-electron chi connectivity index (χ1n) is 6.55. The molecule has 0 fully saturated rings. The molecule has 5 heteroatoms. The number of aromatic nitrogens is 1. The number of benzene rings is 1. The molecule has 1 aromatic carbocycles. The molecule has 0 radical (unpaired) electrons. The molecule has 0 aliphatic rings. The van der Waals surface area contributed by atoms with Crippen LogP contribution in [0.25, 0.3) is 0 Å². The van der Waals surface area contributed by atoms with Crippen molar-refractivity contribution in [3.63, 3.8) is 0 Å². The van der Waals surface area contributed by atoms with Gasteiger partial charge in [-0.3, -0.25) is 0 Å². The van der Waals surface area contributed by atoms with E-state index in [1.807, 2.05) is 25.1 Å². The van der Waals surface area contributed by atoms with E-state index in [-0.39, 0.29) is 5.97 Å². The summed E-state index contributed by atoms with van der Waals surface area (Å²) in [6.45, 7) is 3.09. The van der Waals surface area contributed by atoms with Crippen LogP contribution in [0.1, 0.15) is 34.5 Å². The molecular weight excluding hydrogens is 256 g/mol. The van der Waals surface area contributed by atoms with Gasteiger partial charge in [0.1, 0.15) is 5.76 Å². The molecule has 1 heterocycles. The van der Waals surface area contributed by atoms with Gasteiger partial charge in [0.05, 0.1) is 25.4 Å². The Bertz CT molecular complexity index is 578. The third-order valence-corrected chi connectivity index (χ3v) is 2.96. The highest BCUT2D eigenvalue weighted by atomic mass is 16.5. The maximum Gasteiger partial charge on any atom is 0.338 e. The molecule has 0 bridgehead atoms. The Morgan fingerprint density at radius 3 is 2.85 bits per heavy atom. The summed E-state index contributed by atoms with van der Waals surface area (Å²) < 4.78 is 10.3. The van der Waals surface area contributed by atoms with Crippen molar-refractivity contribution >= 4 is 5.97 Å². The lowest BCUT2D eigenvalue weighted by Gasteiger charge is -2.08. The summed E-state index contributed by atoms with van der Waals surface area (Å²) in [5.41, 5.74) is 1.46. The second kappa shape index (κ2) is 6.86. The lowest BCUT2D eigenvalue weighted by atomic mass is 10.1. The number of oxazole rings is 1. The van der Waals surface area contributed by atoms with Gasteiger partial charge in [-0.25, -0.2) is 9.78 Å². The highest BCUT2D eigenvalue weighted by Crippen LogP contribution is 2.10. The quantitative estimate of drug-likeness (QED) is 0.819. The van der Waals surface area contributed by atoms with Crippen molar-refractivity contribution in [2.45, 2.75) is 26.4 Å². The van der Waals surface area contributed by atoms with Gasteiger partial charge in [-0.05, 0) is 11.6 Å². The smallest absolute Gasteiger partial charge is 0.338 e. The van der Waals surface area contributed by atoms with Gasteiger partial charge in [0, 0.05) is 13.0 Å². The van der Waals surface area contributed by atoms with E-state index in [1.54, 1.807) is 12.3 Å². The van der Waals surface area contributed by atoms with Gasteiger partial charge >= 0.3 is 5.97 Å². The lowest BCUT2D eigenvalue weighted by molar-refractivity contribution is 0.0599. The zero-order valence-electron chi connectivity index (χ0n) is 11.7. The van der Waals surface area contributed by atoms with Gasteiger partial charge in [-0.2, -0.15) is 0 Å². The maximum atomic E-state index is 11.6. The highest BCUT2D eigenvalue weighted by Gasteiger charge is 2.10. The van der Waals surface area contributed by atoms with Gasteiger partial charge in [0.15, 0.2) is 0 Å². The van der Waals surface area contributed by atoms with Crippen molar-refractivity contribution in [3.05, 3.63) is 53.2 Å². The summed E-state index contributed by atoms with van der Waals surface area (Å²) in [4.78, 5) is 15.8. The summed E-state index contributed by atoms with van der Waals surface area (Å²) in [5.74, 6) is 1.20. The summed E-state index contributed by atoms with van der Waals surface area (Å²) in [7, 11) is 1.38. The number of nitrogens with one attached hydrogen (secondary N) is 1. The van der Waals surface area contributed by atoms with E-state index >= 15 is 0 Å². The molecule has 106 valence electrons. The Kier molecular flexibility index (Phi) is 4.90. The monoisotopic (exact) mass is 274 g/mol. The molecule has 2 rings (SSSR count). The minimum absolute atomic E-state index is 0.327. The van der Waals surface area contributed by atoms with E-state index in [9.17, 15) is 4.79 Å². The van der Waals surface area contributed by atoms with Crippen LogP contribution in [-0.4, -0.2) is 18.1 Å². The Labute approximate surface area is 118 Å². The predicted molar refractivity (Wildman–Crippen MR) is 74.2 cm³/mol. The van der Waals surface area contributed by atoms with Crippen molar-refractivity contribution in [3.8, 4) is 0 Å². The average Bonchev–Trinajstić information content (AvgIpc) is 2.95. The SMILES string of the molecule is CCc1cnc(CNCc2ccccc2C(=O)OC)o1. The molecule has 1 aromatic heterocycles.